The lowest BCUT2D eigenvalue weighted by atomic mass is 9.95. The first-order valence-corrected chi connectivity index (χ1v) is 7.15. The van der Waals surface area contributed by atoms with E-state index in [-0.39, 0.29) is 12.1 Å². The quantitative estimate of drug-likeness (QED) is 0.875. The zero-order valence-corrected chi connectivity index (χ0v) is 12.5. The number of aryl methyl sites for hydroxylation is 1. The van der Waals surface area contributed by atoms with E-state index in [1.165, 1.54) is 16.7 Å². The molecule has 1 aromatic heterocycles. The molecule has 1 heterocycles. The number of nitrogens with two attached hydrogens (primary N) is 1. The minimum absolute atomic E-state index is 0.119. The van der Waals surface area contributed by atoms with E-state index in [9.17, 15) is 0 Å². The van der Waals surface area contributed by atoms with Crippen LogP contribution >= 0.6 is 0 Å². The SMILES string of the molecule is CCC(N)C(c1cccc(C)c1)N(C)Cc1ccoc1. The van der Waals surface area contributed by atoms with Crippen molar-refractivity contribution < 1.29 is 4.42 Å². The first-order chi connectivity index (χ1) is 9.61. The molecular formula is C17H24N2O. The molecule has 0 radical (unpaired) electrons. The Labute approximate surface area is 121 Å². The Balaban J connectivity index is 2.23. The molecule has 0 saturated carbocycles. The van der Waals surface area contributed by atoms with Gasteiger partial charge in [0, 0.05) is 24.2 Å². The standard InChI is InChI=1S/C17H24N2O/c1-4-16(18)17(15-7-5-6-13(2)10-15)19(3)11-14-8-9-20-12-14/h5-10,12,16-17H,4,11,18H2,1-3H3. The molecule has 0 fully saturated rings. The molecule has 108 valence electrons. The Morgan fingerprint density at radius 1 is 1.30 bits per heavy atom. The van der Waals surface area contributed by atoms with Crippen molar-refractivity contribution in [1.82, 2.24) is 4.90 Å². The Bertz CT molecular complexity index is 522. The Kier molecular flexibility index (Phi) is 4.99. The molecule has 2 rings (SSSR count). The van der Waals surface area contributed by atoms with Crippen LogP contribution < -0.4 is 5.73 Å². The molecule has 20 heavy (non-hydrogen) atoms. The minimum atomic E-state index is 0.119. The normalized spacial score (nSPS) is 14.4. The molecule has 3 nitrogen and oxygen atoms in total. The van der Waals surface area contributed by atoms with Crippen molar-refractivity contribution in [3.8, 4) is 0 Å². The van der Waals surface area contributed by atoms with Gasteiger partial charge in [0.1, 0.15) is 0 Å². The van der Waals surface area contributed by atoms with Crippen LogP contribution in [0.1, 0.15) is 36.1 Å². The molecule has 1 aromatic carbocycles. The third kappa shape index (κ3) is 3.50. The van der Waals surface area contributed by atoms with Gasteiger partial charge in [-0.25, -0.2) is 0 Å². The lowest BCUT2D eigenvalue weighted by molar-refractivity contribution is 0.201. The summed E-state index contributed by atoms with van der Waals surface area (Å²) in [6, 6.07) is 11.0. The van der Waals surface area contributed by atoms with Crippen LogP contribution in [0.15, 0.2) is 47.3 Å². The summed E-state index contributed by atoms with van der Waals surface area (Å²) in [5, 5.41) is 0. The van der Waals surface area contributed by atoms with Gasteiger partial charge in [0.2, 0.25) is 0 Å². The molecule has 2 unspecified atom stereocenters. The number of benzene rings is 1. The maximum atomic E-state index is 6.36. The molecule has 0 amide bonds. The van der Waals surface area contributed by atoms with Crippen molar-refractivity contribution in [2.24, 2.45) is 5.73 Å². The molecule has 2 aromatic rings. The predicted molar refractivity (Wildman–Crippen MR) is 82.4 cm³/mol. The van der Waals surface area contributed by atoms with E-state index in [4.69, 9.17) is 10.2 Å². The second-order valence-electron chi connectivity index (χ2n) is 5.48. The van der Waals surface area contributed by atoms with E-state index in [2.05, 4.69) is 50.1 Å². The van der Waals surface area contributed by atoms with Gasteiger partial charge in [-0.1, -0.05) is 36.8 Å². The van der Waals surface area contributed by atoms with Gasteiger partial charge < -0.3 is 10.2 Å². The fraction of sp³-hybridized carbons (Fsp3) is 0.412. The van der Waals surface area contributed by atoms with E-state index < -0.39 is 0 Å². The summed E-state index contributed by atoms with van der Waals surface area (Å²) in [5.41, 5.74) is 10.1. The lowest BCUT2D eigenvalue weighted by Crippen LogP contribution is -2.38. The number of likely N-dealkylation sites (N-methyl/N-ethyl adjacent to an activating group) is 1. The van der Waals surface area contributed by atoms with Gasteiger partial charge in [0.15, 0.2) is 0 Å². The predicted octanol–water partition coefficient (Wildman–Crippen LogP) is 3.50. The number of hydrogen-bond donors (Lipinski definition) is 1. The highest BCUT2D eigenvalue weighted by atomic mass is 16.3. The molecule has 0 bridgehead atoms. The highest BCUT2D eigenvalue weighted by Crippen LogP contribution is 2.26. The number of rotatable bonds is 6. The first kappa shape index (κ1) is 14.8. The number of furan rings is 1. The van der Waals surface area contributed by atoms with E-state index in [0.29, 0.717) is 0 Å². The molecule has 0 spiro atoms. The van der Waals surface area contributed by atoms with E-state index in [1.54, 1.807) is 12.5 Å². The highest BCUT2D eigenvalue weighted by molar-refractivity contribution is 5.26. The van der Waals surface area contributed by atoms with E-state index >= 15 is 0 Å². The maximum absolute atomic E-state index is 6.36. The second kappa shape index (κ2) is 6.73. The monoisotopic (exact) mass is 272 g/mol. The molecule has 0 aliphatic carbocycles. The summed E-state index contributed by atoms with van der Waals surface area (Å²) in [5.74, 6) is 0. The van der Waals surface area contributed by atoms with Crippen LogP contribution in [-0.2, 0) is 6.54 Å². The van der Waals surface area contributed by atoms with Crippen LogP contribution in [0.2, 0.25) is 0 Å². The topological polar surface area (TPSA) is 42.4 Å². The van der Waals surface area contributed by atoms with Gasteiger partial charge in [-0.2, -0.15) is 0 Å². The molecule has 0 saturated heterocycles. The van der Waals surface area contributed by atoms with Gasteiger partial charge in [-0.05, 0) is 32.0 Å². The highest BCUT2D eigenvalue weighted by Gasteiger charge is 2.23. The van der Waals surface area contributed by atoms with Crippen molar-refractivity contribution in [1.29, 1.82) is 0 Å². The summed E-state index contributed by atoms with van der Waals surface area (Å²) in [4.78, 5) is 2.30. The zero-order chi connectivity index (χ0) is 14.5. The first-order valence-electron chi connectivity index (χ1n) is 7.15. The summed E-state index contributed by atoms with van der Waals surface area (Å²) in [6.45, 7) is 5.09. The van der Waals surface area contributed by atoms with Gasteiger partial charge in [0.05, 0.1) is 12.5 Å². The number of nitrogens with zero attached hydrogens (tertiary/aromatic N) is 1. The van der Waals surface area contributed by atoms with Crippen LogP contribution in [0.4, 0.5) is 0 Å². The zero-order valence-electron chi connectivity index (χ0n) is 12.5. The fourth-order valence-corrected chi connectivity index (χ4v) is 2.67. The summed E-state index contributed by atoms with van der Waals surface area (Å²) in [6.07, 6.45) is 4.46. The van der Waals surface area contributed by atoms with Gasteiger partial charge in [-0.3, -0.25) is 4.90 Å². The van der Waals surface area contributed by atoms with Crippen molar-refractivity contribution in [2.75, 3.05) is 7.05 Å². The molecule has 3 heteroatoms. The van der Waals surface area contributed by atoms with Crippen LogP contribution in [0.5, 0.6) is 0 Å². The van der Waals surface area contributed by atoms with Gasteiger partial charge in [0.25, 0.3) is 0 Å². The Hall–Kier alpha value is -1.58. The van der Waals surface area contributed by atoms with Crippen molar-refractivity contribution in [3.05, 3.63) is 59.5 Å². The maximum Gasteiger partial charge on any atom is 0.0947 e. The number of hydrogen-bond acceptors (Lipinski definition) is 3. The van der Waals surface area contributed by atoms with Crippen LogP contribution in [-0.4, -0.2) is 18.0 Å². The van der Waals surface area contributed by atoms with Crippen molar-refractivity contribution >= 4 is 0 Å². The molecular weight excluding hydrogens is 248 g/mol. The lowest BCUT2D eigenvalue weighted by Gasteiger charge is -2.32. The largest absolute Gasteiger partial charge is 0.472 e. The molecule has 0 aliphatic rings. The summed E-state index contributed by atoms with van der Waals surface area (Å²) in [7, 11) is 2.12. The Morgan fingerprint density at radius 2 is 2.10 bits per heavy atom. The van der Waals surface area contributed by atoms with Crippen molar-refractivity contribution in [3.63, 3.8) is 0 Å². The Morgan fingerprint density at radius 3 is 2.70 bits per heavy atom. The smallest absolute Gasteiger partial charge is 0.0947 e. The van der Waals surface area contributed by atoms with E-state index in [1.807, 2.05) is 6.07 Å². The van der Waals surface area contributed by atoms with Crippen LogP contribution in [0, 0.1) is 6.92 Å². The molecule has 0 aliphatic heterocycles. The average Bonchev–Trinajstić information content (AvgIpc) is 2.91. The summed E-state index contributed by atoms with van der Waals surface area (Å²) < 4.78 is 5.15. The average molecular weight is 272 g/mol. The van der Waals surface area contributed by atoms with Crippen molar-refractivity contribution in [2.45, 2.75) is 38.9 Å². The van der Waals surface area contributed by atoms with Crippen LogP contribution in [0.25, 0.3) is 0 Å². The van der Waals surface area contributed by atoms with Crippen LogP contribution in [0.3, 0.4) is 0 Å². The van der Waals surface area contributed by atoms with Gasteiger partial charge >= 0.3 is 0 Å². The van der Waals surface area contributed by atoms with Gasteiger partial charge in [-0.15, -0.1) is 0 Å². The fourth-order valence-electron chi connectivity index (χ4n) is 2.67. The van der Waals surface area contributed by atoms with E-state index in [0.717, 1.165) is 13.0 Å². The third-order valence-electron chi connectivity index (χ3n) is 3.75. The summed E-state index contributed by atoms with van der Waals surface area (Å²) >= 11 is 0. The third-order valence-corrected chi connectivity index (χ3v) is 3.75. The molecule has 2 atom stereocenters. The molecule has 2 N–H and O–H groups in total. The second-order valence-corrected chi connectivity index (χ2v) is 5.48. The minimum Gasteiger partial charge on any atom is -0.472 e.